The molecule has 0 N–H and O–H groups in total. The summed E-state index contributed by atoms with van der Waals surface area (Å²) >= 11 is 1.85. The van der Waals surface area contributed by atoms with Crippen molar-refractivity contribution in [3.63, 3.8) is 0 Å². The summed E-state index contributed by atoms with van der Waals surface area (Å²) in [6.07, 6.45) is 1.86. The van der Waals surface area contributed by atoms with E-state index in [1.807, 2.05) is 41.8 Å². The number of hydrogen-bond acceptors (Lipinski definition) is 4. The van der Waals surface area contributed by atoms with Gasteiger partial charge in [0.15, 0.2) is 5.82 Å². The van der Waals surface area contributed by atoms with Gasteiger partial charge in [0, 0.05) is 54.1 Å². The Bertz CT molecular complexity index is 2800. The van der Waals surface area contributed by atoms with Gasteiger partial charge < -0.3 is 4.57 Å². The molecule has 6 aromatic carbocycles. The summed E-state index contributed by atoms with van der Waals surface area (Å²) in [5, 5.41) is 3.76. The van der Waals surface area contributed by atoms with E-state index in [1.165, 1.54) is 31.3 Å². The second-order valence-corrected chi connectivity index (χ2v) is 13.6. The van der Waals surface area contributed by atoms with E-state index in [1.54, 1.807) is 0 Å². The summed E-state index contributed by atoms with van der Waals surface area (Å²) in [5.41, 5.74) is 11.5. The molecule has 0 radical (unpaired) electrons. The number of aromatic nitrogens is 4. The van der Waals surface area contributed by atoms with Crippen LogP contribution in [0, 0.1) is 0 Å². The third-order valence-corrected chi connectivity index (χ3v) is 10.6. The summed E-state index contributed by atoms with van der Waals surface area (Å²) in [6.45, 7) is 0. The van der Waals surface area contributed by atoms with Crippen LogP contribution >= 0.6 is 11.3 Å². The SMILES string of the molecule is c1ccc(-c2nc(-c3ccc(-c4ccc5sc6ccccc6c5c4)cc3)cc(-c3ccc(-n4c5ccccc5c5ncccc54)cc3)n2)cc1. The Labute approximate surface area is 292 Å². The summed E-state index contributed by atoms with van der Waals surface area (Å²) in [5.74, 6) is 0.703. The van der Waals surface area contributed by atoms with Crippen LogP contribution < -0.4 is 0 Å². The predicted octanol–water partition coefficient (Wildman–Crippen LogP) is 12.0. The Morgan fingerprint density at radius 2 is 1.04 bits per heavy atom. The third-order valence-electron chi connectivity index (χ3n) is 9.50. The number of pyridine rings is 1. The number of benzene rings is 6. The van der Waals surface area contributed by atoms with Crippen molar-refractivity contribution in [2.45, 2.75) is 0 Å². The lowest BCUT2D eigenvalue weighted by atomic mass is 10.00. The van der Waals surface area contributed by atoms with Crippen LogP contribution in [0.1, 0.15) is 0 Å². The van der Waals surface area contributed by atoms with Crippen LogP contribution in [0.15, 0.2) is 170 Å². The van der Waals surface area contributed by atoms with E-state index in [0.29, 0.717) is 5.82 Å². The van der Waals surface area contributed by atoms with Crippen LogP contribution in [0.5, 0.6) is 0 Å². The lowest BCUT2D eigenvalue weighted by Crippen LogP contribution is -1.97. The van der Waals surface area contributed by atoms with Crippen molar-refractivity contribution in [3.8, 4) is 50.7 Å². The average molecular weight is 657 g/mol. The fourth-order valence-corrected chi connectivity index (χ4v) is 8.13. The van der Waals surface area contributed by atoms with Gasteiger partial charge in [0.2, 0.25) is 0 Å². The summed E-state index contributed by atoms with van der Waals surface area (Å²) in [4.78, 5) is 14.9. The number of fused-ring (bicyclic) bond motifs is 6. The van der Waals surface area contributed by atoms with Gasteiger partial charge in [-0.1, -0.05) is 109 Å². The number of para-hydroxylation sites is 1. The highest BCUT2D eigenvalue weighted by molar-refractivity contribution is 7.25. The van der Waals surface area contributed by atoms with Gasteiger partial charge in [-0.3, -0.25) is 4.98 Å². The van der Waals surface area contributed by atoms with Crippen LogP contribution in [-0.2, 0) is 0 Å². The van der Waals surface area contributed by atoms with Crippen molar-refractivity contribution in [2.24, 2.45) is 0 Å². The predicted molar refractivity (Wildman–Crippen MR) is 209 cm³/mol. The Hall–Kier alpha value is -6.43. The molecule has 0 bridgehead atoms. The standard InChI is InChI=1S/C45H28N4S/c1-2-9-32(10-3-1)45-47-38(30-18-16-29(17-19-30)33-22-25-43-37(27-33)35-11-5-7-15-42(35)50-43)28-39(48-45)31-20-23-34(24-21-31)49-40-13-6-4-12-36(40)44-41(49)14-8-26-46-44/h1-28H. The molecule has 0 aliphatic carbocycles. The van der Waals surface area contributed by atoms with E-state index < -0.39 is 0 Å². The molecule has 0 saturated carbocycles. The monoisotopic (exact) mass is 656 g/mol. The van der Waals surface area contributed by atoms with Gasteiger partial charge in [-0.25, -0.2) is 9.97 Å². The molecular weight excluding hydrogens is 629 g/mol. The van der Waals surface area contributed by atoms with E-state index in [4.69, 9.17) is 15.0 Å². The van der Waals surface area contributed by atoms with Crippen molar-refractivity contribution < 1.29 is 0 Å². The average Bonchev–Trinajstić information content (AvgIpc) is 3.74. The normalized spacial score (nSPS) is 11.6. The van der Waals surface area contributed by atoms with Crippen molar-refractivity contribution in [2.75, 3.05) is 0 Å². The molecule has 50 heavy (non-hydrogen) atoms. The first-order chi connectivity index (χ1) is 24.8. The van der Waals surface area contributed by atoms with Crippen LogP contribution in [0.3, 0.4) is 0 Å². The van der Waals surface area contributed by atoms with Gasteiger partial charge in [-0.05, 0) is 65.7 Å². The molecule has 0 unspecified atom stereocenters. The lowest BCUT2D eigenvalue weighted by Gasteiger charge is -2.12. The molecule has 4 heterocycles. The molecule has 234 valence electrons. The van der Waals surface area contributed by atoms with Gasteiger partial charge in [-0.15, -0.1) is 11.3 Å². The van der Waals surface area contributed by atoms with E-state index >= 15 is 0 Å². The Morgan fingerprint density at radius 1 is 0.420 bits per heavy atom. The highest BCUT2D eigenvalue weighted by Crippen LogP contribution is 2.37. The first kappa shape index (κ1) is 28.6. The molecule has 0 spiro atoms. The maximum absolute atomic E-state index is 5.08. The molecule has 4 nitrogen and oxygen atoms in total. The van der Waals surface area contributed by atoms with Crippen molar-refractivity contribution in [3.05, 3.63) is 170 Å². The minimum absolute atomic E-state index is 0.703. The van der Waals surface area contributed by atoms with Crippen LogP contribution in [0.25, 0.3) is 92.8 Å². The van der Waals surface area contributed by atoms with Crippen molar-refractivity contribution in [1.29, 1.82) is 0 Å². The Kier molecular flexibility index (Phi) is 6.64. The Morgan fingerprint density at radius 3 is 1.84 bits per heavy atom. The van der Waals surface area contributed by atoms with E-state index in [-0.39, 0.29) is 0 Å². The fraction of sp³-hybridized carbons (Fsp3) is 0. The van der Waals surface area contributed by atoms with Gasteiger partial charge in [0.1, 0.15) is 0 Å². The smallest absolute Gasteiger partial charge is 0.160 e. The maximum atomic E-state index is 5.08. The summed E-state index contributed by atoms with van der Waals surface area (Å²) < 4.78 is 4.92. The summed E-state index contributed by atoms with van der Waals surface area (Å²) in [7, 11) is 0. The molecule has 10 rings (SSSR count). The molecule has 0 fully saturated rings. The van der Waals surface area contributed by atoms with Crippen LogP contribution in [0.4, 0.5) is 0 Å². The van der Waals surface area contributed by atoms with Crippen molar-refractivity contribution >= 4 is 53.4 Å². The topological polar surface area (TPSA) is 43.6 Å². The van der Waals surface area contributed by atoms with E-state index in [2.05, 4.69) is 144 Å². The summed E-state index contributed by atoms with van der Waals surface area (Å²) in [6, 6.07) is 57.7. The van der Waals surface area contributed by atoms with Gasteiger partial charge in [0.25, 0.3) is 0 Å². The highest BCUT2D eigenvalue weighted by Gasteiger charge is 2.15. The van der Waals surface area contributed by atoms with Gasteiger partial charge in [-0.2, -0.15) is 0 Å². The maximum Gasteiger partial charge on any atom is 0.160 e. The first-order valence-corrected chi connectivity index (χ1v) is 17.5. The van der Waals surface area contributed by atoms with Gasteiger partial charge >= 0.3 is 0 Å². The van der Waals surface area contributed by atoms with Crippen LogP contribution in [0.2, 0.25) is 0 Å². The Balaban J connectivity index is 1.04. The van der Waals surface area contributed by atoms with E-state index in [9.17, 15) is 0 Å². The highest BCUT2D eigenvalue weighted by atomic mass is 32.1. The van der Waals surface area contributed by atoms with Gasteiger partial charge in [0.05, 0.1) is 27.9 Å². The quantitative estimate of drug-likeness (QED) is 0.185. The fourth-order valence-electron chi connectivity index (χ4n) is 7.04. The second-order valence-electron chi connectivity index (χ2n) is 12.5. The number of nitrogens with zero attached hydrogens (tertiary/aromatic N) is 4. The zero-order valence-electron chi connectivity index (χ0n) is 26.9. The minimum Gasteiger partial charge on any atom is -0.308 e. The molecule has 10 aromatic rings. The minimum atomic E-state index is 0.703. The molecular formula is C45H28N4S. The lowest BCUT2D eigenvalue weighted by molar-refractivity contribution is 1.17. The first-order valence-electron chi connectivity index (χ1n) is 16.7. The molecule has 0 atom stereocenters. The zero-order chi connectivity index (χ0) is 33.0. The molecule has 0 aliphatic rings. The number of thiophene rings is 1. The zero-order valence-corrected chi connectivity index (χ0v) is 27.7. The molecule has 4 aromatic heterocycles. The largest absolute Gasteiger partial charge is 0.308 e. The molecule has 5 heteroatoms. The van der Waals surface area contributed by atoms with Crippen LogP contribution in [-0.4, -0.2) is 19.5 Å². The van der Waals surface area contributed by atoms with E-state index in [0.717, 1.165) is 55.7 Å². The number of rotatable bonds is 5. The van der Waals surface area contributed by atoms with Crippen molar-refractivity contribution in [1.82, 2.24) is 19.5 Å². The number of hydrogen-bond donors (Lipinski definition) is 0. The molecule has 0 saturated heterocycles. The molecule has 0 amide bonds. The molecule has 0 aliphatic heterocycles. The third kappa shape index (κ3) is 4.79. The second kappa shape index (κ2) is 11.6.